The Morgan fingerprint density at radius 2 is 1.72 bits per heavy atom. The molecular weight excluding hydrogens is 236 g/mol. The van der Waals surface area contributed by atoms with Gasteiger partial charge < -0.3 is 0 Å². The molecule has 18 heavy (non-hydrogen) atoms. The Morgan fingerprint density at radius 1 is 0.889 bits per heavy atom. The molecule has 1 aliphatic rings. The standard InChI is InChI=1S/C17H14S/c1-17(2)14-6-4-3-5-12(14)13-8-7-11-9-10-18-16(11)15(13)17/h3-10H,1-2H3. The van der Waals surface area contributed by atoms with Crippen LogP contribution in [0.4, 0.5) is 0 Å². The van der Waals surface area contributed by atoms with Gasteiger partial charge in [-0.05, 0) is 39.1 Å². The van der Waals surface area contributed by atoms with Gasteiger partial charge in [0.15, 0.2) is 0 Å². The van der Waals surface area contributed by atoms with Crippen molar-refractivity contribution in [3.8, 4) is 11.1 Å². The van der Waals surface area contributed by atoms with Gasteiger partial charge in [-0.1, -0.05) is 50.2 Å². The van der Waals surface area contributed by atoms with Crippen LogP contribution < -0.4 is 0 Å². The minimum absolute atomic E-state index is 0.121. The van der Waals surface area contributed by atoms with E-state index in [1.165, 1.54) is 32.3 Å². The predicted molar refractivity (Wildman–Crippen MR) is 79.4 cm³/mol. The van der Waals surface area contributed by atoms with Crippen molar-refractivity contribution in [2.45, 2.75) is 19.3 Å². The van der Waals surface area contributed by atoms with E-state index < -0.39 is 0 Å². The quantitative estimate of drug-likeness (QED) is 0.514. The second-order valence-electron chi connectivity index (χ2n) is 5.50. The number of benzene rings is 2. The summed E-state index contributed by atoms with van der Waals surface area (Å²) in [4.78, 5) is 0. The number of hydrogen-bond donors (Lipinski definition) is 0. The third-order valence-electron chi connectivity index (χ3n) is 4.14. The molecule has 0 radical (unpaired) electrons. The van der Waals surface area contributed by atoms with Crippen molar-refractivity contribution < 1.29 is 0 Å². The highest BCUT2D eigenvalue weighted by atomic mass is 32.1. The van der Waals surface area contributed by atoms with E-state index in [-0.39, 0.29) is 5.41 Å². The van der Waals surface area contributed by atoms with Crippen molar-refractivity contribution in [2.75, 3.05) is 0 Å². The summed E-state index contributed by atoms with van der Waals surface area (Å²) in [6, 6.07) is 15.6. The third kappa shape index (κ3) is 1.10. The fraction of sp³-hybridized carbons (Fsp3) is 0.176. The molecule has 0 amide bonds. The zero-order valence-corrected chi connectivity index (χ0v) is 11.3. The lowest BCUT2D eigenvalue weighted by Crippen LogP contribution is -2.14. The molecule has 0 fully saturated rings. The Morgan fingerprint density at radius 3 is 2.61 bits per heavy atom. The normalized spacial score (nSPS) is 15.7. The van der Waals surface area contributed by atoms with Gasteiger partial charge in [0.1, 0.15) is 0 Å². The van der Waals surface area contributed by atoms with E-state index in [4.69, 9.17) is 0 Å². The van der Waals surface area contributed by atoms with E-state index in [0.717, 1.165) is 0 Å². The Kier molecular flexibility index (Phi) is 1.86. The molecule has 88 valence electrons. The van der Waals surface area contributed by atoms with Gasteiger partial charge in [0.05, 0.1) is 0 Å². The van der Waals surface area contributed by atoms with Crippen LogP contribution in [0.2, 0.25) is 0 Å². The molecule has 0 aliphatic heterocycles. The SMILES string of the molecule is CC1(C)c2ccccc2-c2ccc3ccsc3c21. The molecule has 1 aliphatic carbocycles. The summed E-state index contributed by atoms with van der Waals surface area (Å²) in [7, 11) is 0. The maximum atomic E-state index is 2.34. The maximum Gasteiger partial charge on any atom is 0.0389 e. The monoisotopic (exact) mass is 250 g/mol. The van der Waals surface area contributed by atoms with E-state index in [2.05, 4.69) is 61.7 Å². The molecule has 0 bridgehead atoms. The van der Waals surface area contributed by atoms with Crippen LogP contribution in [0.1, 0.15) is 25.0 Å². The molecule has 0 saturated heterocycles. The number of rotatable bonds is 0. The zero-order valence-electron chi connectivity index (χ0n) is 10.5. The Balaban J connectivity index is 2.21. The molecule has 0 nitrogen and oxygen atoms in total. The van der Waals surface area contributed by atoms with Gasteiger partial charge >= 0.3 is 0 Å². The van der Waals surface area contributed by atoms with E-state index in [1.807, 2.05) is 11.3 Å². The van der Waals surface area contributed by atoms with Crippen molar-refractivity contribution in [3.05, 3.63) is 59.0 Å². The lowest BCUT2D eigenvalue weighted by atomic mass is 9.82. The van der Waals surface area contributed by atoms with Crippen LogP contribution in [-0.4, -0.2) is 0 Å². The second-order valence-corrected chi connectivity index (χ2v) is 6.41. The van der Waals surface area contributed by atoms with Crippen LogP contribution in [0.15, 0.2) is 47.8 Å². The van der Waals surface area contributed by atoms with Crippen LogP contribution >= 0.6 is 11.3 Å². The Hall–Kier alpha value is -1.60. The average molecular weight is 250 g/mol. The van der Waals surface area contributed by atoms with Gasteiger partial charge in [-0.2, -0.15) is 0 Å². The minimum Gasteiger partial charge on any atom is -0.143 e. The lowest BCUT2D eigenvalue weighted by Gasteiger charge is -2.21. The average Bonchev–Trinajstić information content (AvgIpc) is 2.92. The van der Waals surface area contributed by atoms with Crippen molar-refractivity contribution in [3.63, 3.8) is 0 Å². The fourth-order valence-electron chi connectivity index (χ4n) is 3.27. The molecule has 0 N–H and O–H groups in total. The number of fused-ring (bicyclic) bond motifs is 5. The van der Waals surface area contributed by atoms with Crippen LogP contribution in [0.25, 0.3) is 21.2 Å². The number of thiophene rings is 1. The largest absolute Gasteiger partial charge is 0.143 e. The summed E-state index contributed by atoms with van der Waals surface area (Å²) in [5.41, 5.74) is 5.92. The van der Waals surface area contributed by atoms with Crippen LogP contribution in [-0.2, 0) is 5.41 Å². The molecule has 1 heterocycles. The summed E-state index contributed by atoms with van der Waals surface area (Å²) in [6.45, 7) is 4.69. The third-order valence-corrected chi connectivity index (χ3v) is 5.08. The first kappa shape index (κ1) is 10.3. The highest BCUT2D eigenvalue weighted by molar-refractivity contribution is 7.17. The molecule has 0 saturated carbocycles. The first-order valence-corrected chi connectivity index (χ1v) is 7.18. The summed E-state index contributed by atoms with van der Waals surface area (Å²) < 4.78 is 1.45. The number of hydrogen-bond acceptors (Lipinski definition) is 1. The van der Waals surface area contributed by atoms with Gasteiger partial charge in [0.25, 0.3) is 0 Å². The summed E-state index contributed by atoms with van der Waals surface area (Å²) >= 11 is 1.87. The van der Waals surface area contributed by atoms with E-state index in [0.29, 0.717) is 0 Å². The van der Waals surface area contributed by atoms with Crippen molar-refractivity contribution in [1.29, 1.82) is 0 Å². The predicted octanol–water partition coefficient (Wildman–Crippen LogP) is 5.21. The van der Waals surface area contributed by atoms with E-state index in [9.17, 15) is 0 Å². The fourth-order valence-corrected chi connectivity index (χ4v) is 4.38. The molecular formula is C17H14S. The molecule has 0 spiro atoms. The highest BCUT2D eigenvalue weighted by Gasteiger charge is 2.36. The van der Waals surface area contributed by atoms with Gasteiger partial charge in [0, 0.05) is 10.1 Å². The van der Waals surface area contributed by atoms with Gasteiger partial charge in [-0.15, -0.1) is 11.3 Å². The first-order valence-electron chi connectivity index (χ1n) is 6.30. The van der Waals surface area contributed by atoms with Gasteiger partial charge in [0.2, 0.25) is 0 Å². The smallest absolute Gasteiger partial charge is 0.0389 e. The summed E-state index contributed by atoms with van der Waals surface area (Å²) in [6.07, 6.45) is 0. The minimum atomic E-state index is 0.121. The van der Waals surface area contributed by atoms with Gasteiger partial charge in [-0.3, -0.25) is 0 Å². The summed E-state index contributed by atoms with van der Waals surface area (Å²) in [5.74, 6) is 0. The zero-order chi connectivity index (χ0) is 12.3. The maximum absolute atomic E-state index is 2.34. The van der Waals surface area contributed by atoms with Crippen LogP contribution in [0, 0.1) is 0 Å². The Bertz CT molecular complexity index is 762. The van der Waals surface area contributed by atoms with Crippen molar-refractivity contribution in [1.82, 2.24) is 0 Å². The highest BCUT2D eigenvalue weighted by Crippen LogP contribution is 2.51. The molecule has 0 atom stereocenters. The summed E-state index contributed by atoms with van der Waals surface area (Å²) in [5, 5.41) is 3.57. The molecule has 1 aromatic heterocycles. The first-order chi connectivity index (χ1) is 8.69. The van der Waals surface area contributed by atoms with Crippen molar-refractivity contribution in [2.24, 2.45) is 0 Å². The van der Waals surface area contributed by atoms with Gasteiger partial charge in [-0.25, -0.2) is 0 Å². The van der Waals surface area contributed by atoms with Crippen molar-refractivity contribution >= 4 is 21.4 Å². The van der Waals surface area contributed by atoms with Crippen LogP contribution in [0.3, 0.4) is 0 Å². The lowest BCUT2D eigenvalue weighted by molar-refractivity contribution is 0.667. The van der Waals surface area contributed by atoms with E-state index in [1.54, 1.807) is 0 Å². The molecule has 3 aromatic rings. The molecule has 1 heteroatoms. The topological polar surface area (TPSA) is 0 Å². The Labute approximate surface area is 111 Å². The molecule has 0 unspecified atom stereocenters. The molecule has 4 rings (SSSR count). The second kappa shape index (κ2) is 3.24. The van der Waals surface area contributed by atoms with Crippen LogP contribution in [0.5, 0.6) is 0 Å². The van der Waals surface area contributed by atoms with E-state index >= 15 is 0 Å². The molecule has 2 aromatic carbocycles.